The highest BCUT2D eigenvalue weighted by atomic mass is 32.1. The van der Waals surface area contributed by atoms with Crippen LogP contribution < -0.4 is 10.6 Å². The van der Waals surface area contributed by atoms with Crippen molar-refractivity contribution in [2.75, 3.05) is 25.0 Å². The predicted octanol–water partition coefficient (Wildman–Crippen LogP) is 4.77. The van der Waals surface area contributed by atoms with Gasteiger partial charge >= 0.3 is 0 Å². The first-order valence-corrected chi connectivity index (χ1v) is 11.0. The zero-order valence-electron chi connectivity index (χ0n) is 15.2. The van der Waals surface area contributed by atoms with Gasteiger partial charge in [0.25, 0.3) is 0 Å². The Labute approximate surface area is 167 Å². The molecule has 138 valence electrons. The van der Waals surface area contributed by atoms with Crippen LogP contribution in [0.4, 0.5) is 16.4 Å². The van der Waals surface area contributed by atoms with Gasteiger partial charge in [-0.15, -0.1) is 22.7 Å². The van der Waals surface area contributed by atoms with Crippen LogP contribution in [0.25, 0.3) is 0 Å². The second kappa shape index (κ2) is 7.11. The minimum Gasteiger partial charge on any atom is -0.353 e. The molecule has 0 spiro atoms. The number of thiophene rings is 2. The lowest BCUT2D eigenvalue weighted by Gasteiger charge is -2.35. The summed E-state index contributed by atoms with van der Waals surface area (Å²) in [7, 11) is 0. The van der Waals surface area contributed by atoms with Crippen LogP contribution in [0.15, 0.2) is 52.8 Å². The maximum atomic E-state index is 5.11. The molecule has 27 heavy (non-hydrogen) atoms. The summed E-state index contributed by atoms with van der Waals surface area (Å²) in [5.74, 6) is 1.10. The van der Waals surface area contributed by atoms with E-state index in [-0.39, 0.29) is 0 Å². The van der Waals surface area contributed by atoms with Crippen LogP contribution in [0.2, 0.25) is 0 Å². The van der Waals surface area contributed by atoms with Gasteiger partial charge < -0.3 is 15.5 Å². The fourth-order valence-electron chi connectivity index (χ4n) is 3.81. The number of anilines is 2. The molecule has 6 heteroatoms. The van der Waals surface area contributed by atoms with E-state index in [2.05, 4.69) is 70.3 Å². The molecule has 2 aromatic heterocycles. The average molecular weight is 395 g/mol. The number of fused-ring (bicyclic) bond motifs is 2. The molecule has 4 nitrogen and oxygen atoms in total. The smallest absolute Gasteiger partial charge is 0.139 e. The topological polar surface area (TPSA) is 39.7 Å². The van der Waals surface area contributed by atoms with Gasteiger partial charge in [0, 0.05) is 35.4 Å². The lowest BCUT2D eigenvalue weighted by molar-refractivity contribution is 0.291. The molecule has 1 atom stereocenters. The van der Waals surface area contributed by atoms with Crippen molar-refractivity contribution >= 4 is 44.9 Å². The largest absolute Gasteiger partial charge is 0.353 e. The van der Waals surface area contributed by atoms with Crippen molar-refractivity contribution in [2.45, 2.75) is 19.4 Å². The first-order chi connectivity index (χ1) is 13.3. The molecule has 0 saturated carbocycles. The quantitative estimate of drug-likeness (QED) is 0.658. The molecule has 2 N–H and O–H groups in total. The van der Waals surface area contributed by atoms with Gasteiger partial charge in [-0.25, -0.2) is 4.99 Å². The number of piperazine rings is 1. The molecule has 1 unspecified atom stereocenters. The normalized spacial score (nSPS) is 18.9. The van der Waals surface area contributed by atoms with Gasteiger partial charge in [-0.3, -0.25) is 0 Å². The Kier molecular flexibility index (Phi) is 4.47. The number of hydrogen-bond donors (Lipinski definition) is 2. The van der Waals surface area contributed by atoms with Crippen LogP contribution in [0.5, 0.6) is 0 Å². The Morgan fingerprint density at radius 1 is 1.22 bits per heavy atom. The van der Waals surface area contributed by atoms with Gasteiger partial charge in [0.1, 0.15) is 10.8 Å². The molecule has 4 heterocycles. The van der Waals surface area contributed by atoms with E-state index in [9.17, 15) is 0 Å². The third kappa shape index (κ3) is 3.40. The molecule has 2 aliphatic rings. The van der Waals surface area contributed by atoms with E-state index in [1.54, 1.807) is 11.3 Å². The number of hydrogen-bond acceptors (Lipinski definition) is 6. The van der Waals surface area contributed by atoms with Crippen molar-refractivity contribution < 1.29 is 0 Å². The maximum Gasteiger partial charge on any atom is 0.139 e. The van der Waals surface area contributed by atoms with Crippen LogP contribution in [-0.2, 0) is 6.42 Å². The monoisotopic (exact) mass is 394 g/mol. The number of amidine groups is 1. The van der Waals surface area contributed by atoms with E-state index in [0.717, 1.165) is 43.3 Å². The Morgan fingerprint density at radius 2 is 2.15 bits per heavy atom. The van der Waals surface area contributed by atoms with E-state index >= 15 is 0 Å². The fourth-order valence-corrected chi connectivity index (χ4v) is 5.52. The third-order valence-corrected chi connectivity index (χ3v) is 6.92. The highest BCUT2D eigenvalue weighted by Gasteiger charge is 2.27. The number of nitrogens with one attached hydrogen (secondary N) is 2. The molecule has 3 aromatic rings. The summed E-state index contributed by atoms with van der Waals surface area (Å²) in [6.07, 6.45) is 1.08. The third-order valence-electron chi connectivity index (χ3n) is 5.06. The molecule has 0 bridgehead atoms. The Bertz CT molecular complexity index is 974. The van der Waals surface area contributed by atoms with Gasteiger partial charge in [0.2, 0.25) is 0 Å². The number of aryl methyl sites for hydroxylation is 1. The van der Waals surface area contributed by atoms with Gasteiger partial charge in [-0.2, -0.15) is 0 Å². The van der Waals surface area contributed by atoms with Gasteiger partial charge in [0.15, 0.2) is 0 Å². The highest BCUT2D eigenvalue weighted by molar-refractivity contribution is 7.16. The molecule has 0 aliphatic carbocycles. The van der Waals surface area contributed by atoms with Crippen LogP contribution in [0, 0.1) is 6.92 Å². The van der Waals surface area contributed by atoms with Crippen LogP contribution >= 0.6 is 22.7 Å². The summed E-state index contributed by atoms with van der Waals surface area (Å²) in [5, 5.41) is 10.7. The van der Waals surface area contributed by atoms with Gasteiger partial charge in [0.05, 0.1) is 16.9 Å². The van der Waals surface area contributed by atoms with Crippen LogP contribution in [0.3, 0.4) is 0 Å². The van der Waals surface area contributed by atoms with Crippen molar-refractivity contribution in [3.05, 3.63) is 63.2 Å². The Morgan fingerprint density at radius 3 is 3.04 bits per heavy atom. The first kappa shape index (κ1) is 17.0. The number of rotatable bonds is 2. The summed E-state index contributed by atoms with van der Waals surface area (Å²) < 4.78 is 0. The van der Waals surface area contributed by atoms with Gasteiger partial charge in [-0.05, 0) is 43.0 Å². The van der Waals surface area contributed by atoms with Crippen molar-refractivity contribution in [1.29, 1.82) is 0 Å². The molecule has 0 radical (unpaired) electrons. The van der Waals surface area contributed by atoms with Crippen molar-refractivity contribution in [3.8, 4) is 0 Å². The van der Waals surface area contributed by atoms with Crippen LogP contribution in [0.1, 0.15) is 15.3 Å². The predicted molar refractivity (Wildman–Crippen MR) is 116 cm³/mol. The van der Waals surface area contributed by atoms with Crippen molar-refractivity contribution in [1.82, 2.24) is 10.2 Å². The number of aliphatic imine (C=N–C) groups is 1. The zero-order chi connectivity index (χ0) is 18.2. The number of nitrogens with zero attached hydrogens (tertiary/aromatic N) is 2. The second-order valence-corrected chi connectivity index (χ2v) is 9.35. The summed E-state index contributed by atoms with van der Waals surface area (Å²) >= 11 is 3.65. The molecule has 1 fully saturated rings. The summed E-state index contributed by atoms with van der Waals surface area (Å²) in [4.78, 5) is 10.3. The number of para-hydroxylation sites is 2. The number of benzene rings is 1. The molecular weight excluding hydrogens is 372 g/mol. The first-order valence-electron chi connectivity index (χ1n) is 9.32. The molecular formula is C21H22N4S2. The SMILES string of the molecule is Cc1cc2c(s1)Nc1ccccc1N=C2N1CCNC(Cc2cccs2)C1. The Balaban J connectivity index is 1.49. The lowest BCUT2D eigenvalue weighted by Crippen LogP contribution is -2.53. The molecule has 0 amide bonds. The highest BCUT2D eigenvalue weighted by Crippen LogP contribution is 2.39. The standard InChI is InChI=1S/C21H22N4S2/c1-14-11-17-20(23-18-6-2-3-7-19(18)24-21(17)27-14)25-9-8-22-15(13-25)12-16-5-4-10-26-16/h2-7,10-11,15,22,24H,8-9,12-13H2,1H3. The maximum absolute atomic E-state index is 5.11. The molecule has 2 aliphatic heterocycles. The van der Waals surface area contributed by atoms with Crippen molar-refractivity contribution in [3.63, 3.8) is 0 Å². The van der Waals surface area contributed by atoms with E-state index in [0.29, 0.717) is 6.04 Å². The molecule has 1 aromatic carbocycles. The van der Waals surface area contributed by atoms with E-state index in [1.807, 2.05) is 11.3 Å². The van der Waals surface area contributed by atoms with Crippen molar-refractivity contribution in [2.24, 2.45) is 4.99 Å². The van der Waals surface area contributed by atoms with E-state index in [1.165, 1.54) is 20.3 Å². The average Bonchev–Trinajstić information content (AvgIpc) is 3.28. The van der Waals surface area contributed by atoms with Gasteiger partial charge in [-0.1, -0.05) is 18.2 Å². The zero-order valence-corrected chi connectivity index (χ0v) is 16.9. The molecule has 1 saturated heterocycles. The summed E-state index contributed by atoms with van der Waals surface area (Å²) in [6, 6.07) is 15.4. The van der Waals surface area contributed by atoms with E-state index < -0.39 is 0 Å². The molecule has 5 rings (SSSR count). The fraction of sp³-hybridized carbons (Fsp3) is 0.286. The minimum atomic E-state index is 0.453. The van der Waals surface area contributed by atoms with Crippen LogP contribution in [-0.4, -0.2) is 36.4 Å². The Hall–Kier alpha value is -2.15. The second-order valence-electron chi connectivity index (χ2n) is 7.06. The van der Waals surface area contributed by atoms with E-state index in [4.69, 9.17) is 4.99 Å². The lowest BCUT2D eigenvalue weighted by atomic mass is 10.1. The summed E-state index contributed by atoms with van der Waals surface area (Å²) in [5.41, 5.74) is 3.33. The summed E-state index contributed by atoms with van der Waals surface area (Å²) in [6.45, 7) is 5.12. The minimum absolute atomic E-state index is 0.453.